The molecular weight excluding hydrogens is 505 g/mol. The van der Waals surface area contributed by atoms with Crippen LogP contribution in [0.2, 0.25) is 0 Å². The normalized spacial score (nSPS) is 16.8. The molecule has 0 unspecified atom stereocenters. The molecule has 0 aromatic heterocycles. The van der Waals surface area contributed by atoms with Gasteiger partial charge in [-0.3, -0.25) is 9.59 Å². The first-order chi connectivity index (χ1) is 16.2. The fourth-order valence-electron chi connectivity index (χ4n) is 3.77. The van der Waals surface area contributed by atoms with E-state index >= 15 is 0 Å². The molecule has 0 aliphatic carbocycles. The molecular formula is C21H26F5NO7S. The van der Waals surface area contributed by atoms with Crippen molar-refractivity contribution in [2.45, 2.75) is 43.8 Å². The zero-order valence-electron chi connectivity index (χ0n) is 19.3. The van der Waals surface area contributed by atoms with Crippen LogP contribution in [0.15, 0.2) is 12.1 Å². The van der Waals surface area contributed by atoms with E-state index in [0.29, 0.717) is 6.42 Å². The lowest BCUT2D eigenvalue weighted by molar-refractivity contribution is -0.284. The fraction of sp³-hybridized carbons (Fsp3) is 0.619. The summed E-state index contributed by atoms with van der Waals surface area (Å²) >= 11 is 0. The molecule has 198 valence electrons. The number of hydrogen-bond donors (Lipinski definition) is 0. The Morgan fingerprint density at radius 3 is 2.09 bits per heavy atom. The molecule has 0 N–H and O–H groups in total. The van der Waals surface area contributed by atoms with E-state index in [4.69, 9.17) is 14.2 Å². The summed E-state index contributed by atoms with van der Waals surface area (Å²) in [4.78, 5) is 26.8. The Balaban J connectivity index is 2.12. The monoisotopic (exact) mass is 531 g/mol. The molecule has 0 radical (unpaired) electrons. The van der Waals surface area contributed by atoms with Crippen LogP contribution < -0.4 is 14.2 Å². The van der Waals surface area contributed by atoms with E-state index in [9.17, 15) is 40.0 Å². The Morgan fingerprint density at radius 1 is 1.03 bits per heavy atom. The van der Waals surface area contributed by atoms with Crippen LogP contribution in [-0.4, -0.2) is 82.5 Å². The quantitative estimate of drug-likeness (QED) is 0.246. The van der Waals surface area contributed by atoms with Crippen molar-refractivity contribution in [3.05, 3.63) is 17.7 Å². The highest BCUT2D eigenvalue weighted by Crippen LogP contribution is 2.39. The second-order valence-corrected chi connectivity index (χ2v) is 10.2. The average Bonchev–Trinajstić information content (AvgIpc) is 3.22. The predicted octanol–water partition coefficient (Wildman–Crippen LogP) is 3.28. The molecule has 0 spiro atoms. The lowest BCUT2D eigenvalue weighted by atomic mass is 10.1. The van der Waals surface area contributed by atoms with Crippen LogP contribution in [-0.2, 0) is 14.6 Å². The second kappa shape index (κ2) is 11.0. The number of Topliss-reactive ketones (excluding diaryl/α,β-unsaturated/α-hetero) is 1. The number of amides is 1. The molecule has 1 heterocycles. The molecule has 14 heteroatoms. The molecule has 2 rings (SSSR count). The molecule has 1 aromatic rings. The van der Waals surface area contributed by atoms with Crippen LogP contribution in [0, 0.1) is 0 Å². The van der Waals surface area contributed by atoms with E-state index < -0.39 is 64.0 Å². The Hall–Kier alpha value is -2.64. The SMILES string of the molecule is COc1cc(C(=O)C(=O)N2CCC[C@H]2CS(=O)(=O)CCCC(F)(F)C(F)(F)F)cc(OC)c1OC. The number of sulfone groups is 1. The minimum absolute atomic E-state index is 0.0847. The van der Waals surface area contributed by atoms with Crippen LogP contribution in [0.4, 0.5) is 22.0 Å². The summed E-state index contributed by atoms with van der Waals surface area (Å²) in [5, 5.41) is 0. The third-order valence-corrected chi connectivity index (χ3v) is 7.37. The summed E-state index contributed by atoms with van der Waals surface area (Å²) in [5.41, 5.74) is -0.0904. The first-order valence-corrected chi connectivity index (χ1v) is 12.3. The number of ketones is 1. The van der Waals surface area contributed by atoms with Crippen molar-refractivity contribution in [2.75, 3.05) is 39.4 Å². The topological polar surface area (TPSA) is 99.2 Å². The molecule has 35 heavy (non-hydrogen) atoms. The molecule has 1 atom stereocenters. The van der Waals surface area contributed by atoms with Gasteiger partial charge in [0.05, 0.1) is 32.8 Å². The third-order valence-electron chi connectivity index (χ3n) is 5.57. The lowest BCUT2D eigenvalue weighted by Crippen LogP contribution is -2.43. The van der Waals surface area contributed by atoms with Gasteiger partial charge in [0.1, 0.15) is 0 Å². The van der Waals surface area contributed by atoms with Crippen molar-refractivity contribution in [3.63, 3.8) is 0 Å². The predicted molar refractivity (Wildman–Crippen MR) is 114 cm³/mol. The highest BCUT2D eigenvalue weighted by Gasteiger charge is 2.56. The standard InChI is InChI=1S/C21H26F5NO7S/c1-32-15-10-13(11-16(33-2)18(15)34-3)17(28)19(29)27-8-4-6-14(27)12-35(30,31)9-5-7-20(22,23)21(24,25)26/h10-11,14H,4-9,12H2,1-3H3/t14-/m0/s1. The van der Waals surface area contributed by atoms with Crippen molar-refractivity contribution in [1.82, 2.24) is 4.90 Å². The van der Waals surface area contributed by atoms with Gasteiger partial charge < -0.3 is 19.1 Å². The number of carbonyl (C=O) groups excluding carboxylic acids is 2. The van der Waals surface area contributed by atoms with Gasteiger partial charge >= 0.3 is 12.1 Å². The van der Waals surface area contributed by atoms with Crippen molar-refractivity contribution >= 4 is 21.5 Å². The summed E-state index contributed by atoms with van der Waals surface area (Å²) in [6, 6.07) is 1.62. The second-order valence-electron chi connectivity index (χ2n) is 7.96. The average molecular weight is 531 g/mol. The van der Waals surface area contributed by atoms with Crippen molar-refractivity contribution in [3.8, 4) is 17.2 Å². The van der Waals surface area contributed by atoms with Gasteiger partial charge in [-0.1, -0.05) is 0 Å². The molecule has 0 bridgehead atoms. The summed E-state index contributed by atoms with van der Waals surface area (Å²) in [6.45, 7) is 0.0847. The van der Waals surface area contributed by atoms with E-state index in [0.717, 1.165) is 4.90 Å². The van der Waals surface area contributed by atoms with E-state index in [1.54, 1.807) is 0 Å². The maximum Gasteiger partial charge on any atom is 0.453 e. The van der Waals surface area contributed by atoms with Crippen molar-refractivity contribution in [2.24, 2.45) is 0 Å². The molecule has 0 saturated carbocycles. The van der Waals surface area contributed by atoms with Gasteiger partial charge in [0.25, 0.3) is 11.7 Å². The molecule has 1 saturated heterocycles. The third kappa shape index (κ3) is 6.73. The van der Waals surface area contributed by atoms with Crippen LogP contribution >= 0.6 is 0 Å². The van der Waals surface area contributed by atoms with Gasteiger partial charge in [-0.25, -0.2) is 8.42 Å². The smallest absolute Gasteiger partial charge is 0.453 e. The summed E-state index contributed by atoms with van der Waals surface area (Å²) in [7, 11) is -0.0912. The summed E-state index contributed by atoms with van der Waals surface area (Å²) in [6.07, 6.45) is -7.71. The van der Waals surface area contributed by atoms with Crippen LogP contribution in [0.1, 0.15) is 36.0 Å². The van der Waals surface area contributed by atoms with Crippen LogP contribution in [0.3, 0.4) is 0 Å². The highest BCUT2D eigenvalue weighted by molar-refractivity contribution is 7.91. The molecule has 1 fully saturated rings. The summed E-state index contributed by atoms with van der Waals surface area (Å²) in [5.74, 6) is -8.06. The number of rotatable bonds is 11. The summed E-state index contributed by atoms with van der Waals surface area (Å²) < 4.78 is 103. The number of halogens is 5. The number of nitrogens with zero attached hydrogens (tertiary/aromatic N) is 1. The number of hydrogen-bond acceptors (Lipinski definition) is 7. The Kier molecular flexibility index (Phi) is 8.95. The Bertz CT molecular complexity index is 1020. The van der Waals surface area contributed by atoms with E-state index in [-0.39, 0.29) is 35.8 Å². The van der Waals surface area contributed by atoms with Crippen molar-refractivity contribution in [1.29, 1.82) is 0 Å². The maximum atomic E-state index is 13.0. The number of alkyl halides is 5. The van der Waals surface area contributed by atoms with Crippen LogP contribution in [0.5, 0.6) is 17.2 Å². The van der Waals surface area contributed by atoms with Gasteiger partial charge in [-0.05, 0) is 31.4 Å². The number of ether oxygens (including phenoxy) is 3. The van der Waals surface area contributed by atoms with E-state index in [1.807, 2.05) is 0 Å². The van der Waals surface area contributed by atoms with Crippen LogP contribution in [0.25, 0.3) is 0 Å². The largest absolute Gasteiger partial charge is 0.493 e. The van der Waals surface area contributed by atoms with Gasteiger partial charge in [0.15, 0.2) is 21.3 Å². The lowest BCUT2D eigenvalue weighted by Gasteiger charge is -2.24. The first-order valence-electron chi connectivity index (χ1n) is 10.5. The van der Waals surface area contributed by atoms with Crippen molar-refractivity contribution < 1.29 is 54.2 Å². The molecule has 1 amide bonds. The minimum atomic E-state index is -5.77. The molecule has 1 aromatic carbocycles. The van der Waals surface area contributed by atoms with E-state index in [1.165, 1.54) is 33.5 Å². The highest BCUT2D eigenvalue weighted by atomic mass is 32.2. The van der Waals surface area contributed by atoms with Gasteiger partial charge in [0.2, 0.25) is 5.75 Å². The number of methoxy groups -OCH3 is 3. The number of carbonyl (C=O) groups is 2. The van der Waals surface area contributed by atoms with Gasteiger partial charge in [-0.2, -0.15) is 22.0 Å². The molecule has 1 aliphatic rings. The maximum absolute atomic E-state index is 13.0. The van der Waals surface area contributed by atoms with Gasteiger partial charge in [0, 0.05) is 24.6 Å². The zero-order chi connectivity index (χ0) is 26.6. The zero-order valence-corrected chi connectivity index (χ0v) is 20.1. The first kappa shape index (κ1) is 28.6. The Morgan fingerprint density at radius 2 is 1.60 bits per heavy atom. The Labute approximate surface area is 199 Å². The minimum Gasteiger partial charge on any atom is -0.493 e. The van der Waals surface area contributed by atoms with Gasteiger partial charge in [-0.15, -0.1) is 0 Å². The number of benzene rings is 1. The van der Waals surface area contributed by atoms with E-state index in [2.05, 4.69) is 0 Å². The molecule has 8 nitrogen and oxygen atoms in total. The molecule has 1 aliphatic heterocycles. The number of likely N-dealkylation sites (tertiary alicyclic amines) is 1. The fourth-order valence-corrected chi connectivity index (χ4v) is 5.46.